The quantitative estimate of drug-likeness (QED) is 0.714. The zero-order chi connectivity index (χ0) is 12.7. The van der Waals surface area contributed by atoms with Gasteiger partial charge in [0.2, 0.25) is 0 Å². The molecule has 0 spiro atoms. The molecule has 0 heterocycles. The van der Waals surface area contributed by atoms with Gasteiger partial charge in [-0.1, -0.05) is 19.3 Å². The largest absolute Gasteiger partial charge is 0.394 e. The molecule has 1 aliphatic rings. The molecular weight excluding hydrogens is 220 g/mol. The first-order valence-corrected chi connectivity index (χ1v) is 6.62. The van der Waals surface area contributed by atoms with Gasteiger partial charge in [0, 0.05) is 0 Å². The Morgan fingerprint density at radius 2 is 1.71 bits per heavy atom. The molecule has 0 aromatic rings. The minimum atomic E-state index is -0.630. The fraction of sp³-hybridized carbons (Fsp3) is 1.00. The molecule has 0 bridgehead atoms. The summed E-state index contributed by atoms with van der Waals surface area (Å²) in [4.78, 5) is 0. The Morgan fingerprint density at radius 3 is 2.29 bits per heavy atom. The van der Waals surface area contributed by atoms with Gasteiger partial charge < -0.3 is 19.7 Å². The molecule has 1 saturated carbocycles. The summed E-state index contributed by atoms with van der Waals surface area (Å²) in [6.45, 7) is 4.62. The van der Waals surface area contributed by atoms with Crippen LogP contribution >= 0.6 is 0 Å². The first-order chi connectivity index (χ1) is 8.06. The third-order valence-corrected chi connectivity index (χ3v) is 3.29. The van der Waals surface area contributed by atoms with Gasteiger partial charge in [-0.2, -0.15) is 0 Å². The van der Waals surface area contributed by atoms with E-state index < -0.39 is 5.60 Å². The lowest BCUT2D eigenvalue weighted by Crippen LogP contribution is -2.38. The second-order valence-electron chi connectivity index (χ2n) is 5.23. The summed E-state index contributed by atoms with van der Waals surface area (Å²) in [6, 6.07) is 0. The standard InChI is InChI=1S/C13H26O4/c1-11(8-14)16-9-12(2)17-10-13(15)6-4-3-5-7-13/h11-12,14-15H,3-10H2,1-2H3. The molecule has 1 rings (SSSR count). The number of hydrogen-bond donors (Lipinski definition) is 2. The molecule has 0 amide bonds. The molecule has 0 radical (unpaired) electrons. The highest BCUT2D eigenvalue weighted by molar-refractivity contribution is 4.82. The van der Waals surface area contributed by atoms with Crippen LogP contribution < -0.4 is 0 Å². The molecule has 4 heteroatoms. The van der Waals surface area contributed by atoms with Crippen molar-refractivity contribution in [1.29, 1.82) is 0 Å². The Balaban J connectivity index is 2.15. The van der Waals surface area contributed by atoms with Gasteiger partial charge >= 0.3 is 0 Å². The lowest BCUT2D eigenvalue weighted by molar-refractivity contribution is -0.109. The van der Waals surface area contributed by atoms with Gasteiger partial charge in [-0.15, -0.1) is 0 Å². The Kier molecular flexibility index (Phi) is 6.41. The maximum atomic E-state index is 10.2. The van der Waals surface area contributed by atoms with E-state index in [1.807, 2.05) is 13.8 Å². The molecule has 102 valence electrons. The Hall–Kier alpha value is -0.160. The van der Waals surface area contributed by atoms with Crippen LogP contribution in [-0.2, 0) is 9.47 Å². The van der Waals surface area contributed by atoms with E-state index in [1.54, 1.807) is 0 Å². The lowest BCUT2D eigenvalue weighted by Gasteiger charge is -2.32. The first-order valence-electron chi connectivity index (χ1n) is 6.62. The normalized spacial score (nSPS) is 23.3. The second kappa shape index (κ2) is 7.31. The third-order valence-electron chi connectivity index (χ3n) is 3.29. The van der Waals surface area contributed by atoms with Crippen LogP contribution in [0.1, 0.15) is 46.0 Å². The summed E-state index contributed by atoms with van der Waals surface area (Å²) in [6.07, 6.45) is 4.88. The van der Waals surface area contributed by atoms with E-state index >= 15 is 0 Å². The molecule has 1 aliphatic carbocycles. The van der Waals surface area contributed by atoms with E-state index in [0.717, 1.165) is 25.7 Å². The summed E-state index contributed by atoms with van der Waals surface area (Å²) in [7, 11) is 0. The van der Waals surface area contributed by atoms with Crippen LogP contribution in [0.5, 0.6) is 0 Å². The van der Waals surface area contributed by atoms with Gasteiger partial charge in [0.15, 0.2) is 0 Å². The fourth-order valence-electron chi connectivity index (χ4n) is 2.05. The number of aliphatic hydroxyl groups excluding tert-OH is 1. The summed E-state index contributed by atoms with van der Waals surface area (Å²) in [5.41, 5.74) is -0.630. The summed E-state index contributed by atoms with van der Waals surface area (Å²) >= 11 is 0. The van der Waals surface area contributed by atoms with Gasteiger partial charge in [0.1, 0.15) is 0 Å². The first kappa shape index (κ1) is 14.9. The number of ether oxygens (including phenoxy) is 2. The van der Waals surface area contributed by atoms with Crippen molar-refractivity contribution in [3.63, 3.8) is 0 Å². The van der Waals surface area contributed by atoms with Crippen molar-refractivity contribution >= 4 is 0 Å². The van der Waals surface area contributed by atoms with Crippen molar-refractivity contribution in [2.75, 3.05) is 19.8 Å². The van der Waals surface area contributed by atoms with Crippen LogP contribution in [-0.4, -0.2) is 47.8 Å². The van der Waals surface area contributed by atoms with Crippen molar-refractivity contribution < 1.29 is 19.7 Å². The average molecular weight is 246 g/mol. The van der Waals surface area contributed by atoms with Crippen LogP contribution in [0.3, 0.4) is 0 Å². The van der Waals surface area contributed by atoms with E-state index in [0.29, 0.717) is 13.2 Å². The minimum absolute atomic E-state index is 0.0245. The highest BCUT2D eigenvalue weighted by Gasteiger charge is 2.29. The van der Waals surface area contributed by atoms with Gasteiger partial charge in [-0.05, 0) is 26.7 Å². The van der Waals surface area contributed by atoms with Crippen molar-refractivity contribution in [2.45, 2.75) is 63.8 Å². The van der Waals surface area contributed by atoms with Crippen molar-refractivity contribution in [3.05, 3.63) is 0 Å². The average Bonchev–Trinajstić information content (AvgIpc) is 2.34. The number of aliphatic hydroxyl groups is 2. The van der Waals surface area contributed by atoms with E-state index in [4.69, 9.17) is 14.6 Å². The number of hydrogen-bond acceptors (Lipinski definition) is 4. The molecule has 0 aromatic carbocycles. The van der Waals surface area contributed by atoms with Gasteiger partial charge in [-0.25, -0.2) is 0 Å². The van der Waals surface area contributed by atoms with Crippen LogP contribution in [0.2, 0.25) is 0 Å². The van der Waals surface area contributed by atoms with Crippen LogP contribution in [0.25, 0.3) is 0 Å². The lowest BCUT2D eigenvalue weighted by atomic mass is 9.85. The molecule has 2 N–H and O–H groups in total. The SMILES string of the molecule is CC(CO)OCC(C)OCC1(O)CCCCC1. The van der Waals surface area contributed by atoms with Gasteiger partial charge in [0.25, 0.3) is 0 Å². The molecular formula is C13H26O4. The molecule has 0 aromatic heterocycles. The molecule has 2 unspecified atom stereocenters. The van der Waals surface area contributed by atoms with Crippen molar-refractivity contribution in [2.24, 2.45) is 0 Å². The van der Waals surface area contributed by atoms with Crippen molar-refractivity contribution in [3.8, 4) is 0 Å². The fourth-order valence-corrected chi connectivity index (χ4v) is 2.05. The molecule has 0 aliphatic heterocycles. The van der Waals surface area contributed by atoms with Crippen LogP contribution in [0, 0.1) is 0 Å². The predicted molar refractivity (Wildman–Crippen MR) is 65.9 cm³/mol. The smallest absolute Gasteiger partial charge is 0.0880 e. The third kappa shape index (κ3) is 5.82. The zero-order valence-corrected chi connectivity index (χ0v) is 11.0. The monoisotopic (exact) mass is 246 g/mol. The minimum Gasteiger partial charge on any atom is -0.394 e. The Morgan fingerprint density at radius 1 is 1.06 bits per heavy atom. The van der Waals surface area contributed by atoms with Gasteiger partial charge in [0.05, 0.1) is 37.6 Å². The molecule has 2 atom stereocenters. The van der Waals surface area contributed by atoms with E-state index in [9.17, 15) is 5.11 Å². The molecule has 17 heavy (non-hydrogen) atoms. The van der Waals surface area contributed by atoms with Crippen LogP contribution in [0.4, 0.5) is 0 Å². The van der Waals surface area contributed by atoms with Crippen LogP contribution in [0.15, 0.2) is 0 Å². The maximum Gasteiger partial charge on any atom is 0.0880 e. The van der Waals surface area contributed by atoms with Crippen molar-refractivity contribution in [1.82, 2.24) is 0 Å². The summed E-state index contributed by atoms with van der Waals surface area (Å²) < 4.78 is 11.0. The van der Waals surface area contributed by atoms with E-state index in [2.05, 4.69) is 0 Å². The predicted octanol–water partition coefficient (Wildman–Crippen LogP) is 1.48. The highest BCUT2D eigenvalue weighted by atomic mass is 16.5. The van der Waals surface area contributed by atoms with E-state index in [1.165, 1.54) is 6.42 Å². The summed E-state index contributed by atoms with van der Waals surface area (Å²) in [5.74, 6) is 0. The summed E-state index contributed by atoms with van der Waals surface area (Å²) in [5, 5.41) is 19.1. The zero-order valence-electron chi connectivity index (χ0n) is 11.0. The molecule has 4 nitrogen and oxygen atoms in total. The maximum absolute atomic E-state index is 10.2. The molecule has 1 fully saturated rings. The highest BCUT2D eigenvalue weighted by Crippen LogP contribution is 2.28. The second-order valence-corrected chi connectivity index (χ2v) is 5.23. The Labute approximate surface area is 104 Å². The number of rotatable bonds is 7. The molecule has 0 saturated heterocycles. The van der Waals surface area contributed by atoms with E-state index in [-0.39, 0.29) is 18.8 Å². The Bertz CT molecular complexity index is 202. The van der Waals surface area contributed by atoms with Gasteiger partial charge in [-0.3, -0.25) is 0 Å². The topological polar surface area (TPSA) is 58.9 Å².